The molecule has 4 heteroatoms. The van der Waals surface area contributed by atoms with Crippen molar-refractivity contribution in [3.63, 3.8) is 0 Å². The van der Waals surface area contributed by atoms with Crippen LogP contribution in [0.4, 0.5) is 5.69 Å². The zero-order valence-corrected chi connectivity index (χ0v) is 7.87. The van der Waals surface area contributed by atoms with Crippen LogP contribution in [-0.2, 0) is 4.79 Å². The number of hydrogen-bond acceptors (Lipinski definition) is 2. The van der Waals surface area contributed by atoms with Crippen molar-refractivity contribution in [2.24, 2.45) is 4.99 Å². The number of aliphatic imine (C=N–C) groups is 1. The molecule has 1 aliphatic rings. The van der Waals surface area contributed by atoms with Crippen molar-refractivity contribution in [3.05, 3.63) is 29.8 Å². The zero-order valence-electron chi connectivity index (χ0n) is 7.87. The van der Waals surface area contributed by atoms with Crippen molar-refractivity contribution >= 4 is 17.4 Å². The van der Waals surface area contributed by atoms with Crippen LogP contribution < -0.4 is 10.9 Å². The Morgan fingerprint density at radius 2 is 2.21 bits per heavy atom. The molecule has 0 bridgehead atoms. The van der Waals surface area contributed by atoms with E-state index in [4.69, 9.17) is 0 Å². The molecular weight excluding hydrogens is 178 g/mol. The third-order valence-electron chi connectivity index (χ3n) is 1.94. The summed E-state index contributed by atoms with van der Waals surface area (Å²) in [4.78, 5) is 15.1. The van der Waals surface area contributed by atoms with Crippen molar-refractivity contribution in [1.82, 2.24) is 10.9 Å². The first kappa shape index (κ1) is 8.74. The minimum Gasteiger partial charge on any atom is -0.285 e. The van der Waals surface area contributed by atoms with E-state index >= 15 is 0 Å². The Morgan fingerprint density at radius 1 is 1.36 bits per heavy atom. The highest BCUT2D eigenvalue weighted by Gasteiger charge is 2.14. The lowest BCUT2D eigenvalue weighted by atomic mass is 10.2. The fraction of sp³-hybridized carbons (Fsp3) is 0.200. The molecule has 14 heavy (non-hydrogen) atoms. The van der Waals surface area contributed by atoms with Crippen LogP contribution >= 0.6 is 0 Å². The maximum Gasteiger partial charge on any atom is 0.245 e. The van der Waals surface area contributed by atoms with E-state index in [9.17, 15) is 4.79 Å². The zero-order chi connectivity index (χ0) is 9.97. The number of hydrogen-bond donors (Lipinski definition) is 2. The van der Waals surface area contributed by atoms with Gasteiger partial charge in [0.2, 0.25) is 5.91 Å². The summed E-state index contributed by atoms with van der Waals surface area (Å²) in [6.45, 7) is 2.01. The van der Waals surface area contributed by atoms with E-state index in [1.165, 1.54) is 0 Å². The van der Waals surface area contributed by atoms with Gasteiger partial charge in [-0.15, -0.1) is 0 Å². The summed E-state index contributed by atoms with van der Waals surface area (Å²) in [6.07, 6.45) is 0.327. The molecule has 0 unspecified atom stereocenters. The van der Waals surface area contributed by atoms with Gasteiger partial charge in [0.15, 0.2) is 0 Å². The second-order valence-electron chi connectivity index (χ2n) is 3.25. The summed E-state index contributed by atoms with van der Waals surface area (Å²) in [5.74, 6) is 0.622. The van der Waals surface area contributed by atoms with Crippen LogP contribution in [0.1, 0.15) is 12.0 Å². The molecule has 1 aromatic rings. The first-order chi connectivity index (χ1) is 6.74. The third-order valence-corrected chi connectivity index (χ3v) is 1.94. The van der Waals surface area contributed by atoms with E-state index in [1.54, 1.807) is 0 Å². The van der Waals surface area contributed by atoms with E-state index in [1.807, 2.05) is 31.2 Å². The Bertz CT molecular complexity index is 398. The SMILES string of the molecule is Cc1cccc(N=C2CC(=O)NN2)c1. The Hall–Kier alpha value is -1.84. The van der Waals surface area contributed by atoms with Crippen molar-refractivity contribution in [1.29, 1.82) is 0 Å². The van der Waals surface area contributed by atoms with Gasteiger partial charge in [0.05, 0.1) is 12.1 Å². The highest BCUT2D eigenvalue weighted by atomic mass is 16.2. The summed E-state index contributed by atoms with van der Waals surface area (Å²) in [6, 6.07) is 7.83. The van der Waals surface area contributed by atoms with Gasteiger partial charge in [0.1, 0.15) is 5.84 Å². The van der Waals surface area contributed by atoms with Crippen LogP contribution in [-0.4, -0.2) is 11.7 Å². The molecule has 0 atom stereocenters. The van der Waals surface area contributed by atoms with Gasteiger partial charge in [0, 0.05) is 0 Å². The largest absolute Gasteiger partial charge is 0.285 e. The standard InChI is InChI=1S/C10H11N3O/c1-7-3-2-4-8(5-7)11-9-6-10(14)13-12-9/h2-5H,6H2,1H3,(H,11,12)(H,13,14). The molecule has 4 nitrogen and oxygen atoms in total. The van der Waals surface area contributed by atoms with Crippen molar-refractivity contribution in [2.45, 2.75) is 13.3 Å². The van der Waals surface area contributed by atoms with Crippen LogP contribution in [0.25, 0.3) is 0 Å². The van der Waals surface area contributed by atoms with Crippen molar-refractivity contribution in [3.8, 4) is 0 Å². The molecule has 1 aliphatic heterocycles. The van der Waals surface area contributed by atoms with Crippen LogP contribution in [0.15, 0.2) is 29.3 Å². The summed E-state index contributed by atoms with van der Waals surface area (Å²) >= 11 is 0. The Kier molecular flexibility index (Phi) is 2.18. The van der Waals surface area contributed by atoms with Crippen LogP contribution in [0.2, 0.25) is 0 Å². The predicted molar refractivity (Wildman–Crippen MR) is 54.2 cm³/mol. The minimum absolute atomic E-state index is 0.0450. The Balaban J connectivity index is 2.21. The molecule has 2 N–H and O–H groups in total. The Morgan fingerprint density at radius 3 is 2.86 bits per heavy atom. The average Bonchev–Trinajstić information content (AvgIpc) is 2.51. The quantitative estimate of drug-likeness (QED) is 0.693. The molecule has 1 aromatic carbocycles. The minimum atomic E-state index is -0.0450. The number of amides is 1. The lowest BCUT2D eigenvalue weighted by molar-refractivity contribution is -0.119. The second kappa shape index (κ2) is 3.49. The molecule has 1 amide bonds. The van der Waals surface area contributed by atoms with Crippen LogP contribution in [0, 0.1) is 6.92 Å². The number of amidine groups is 1. The number of rotatable bonds is 1. The van der Waals surface area contributed by atoms with E-state index < -0.39 is 0 Å². The van der Waals surface area contributed by atoms with Gasteiger partial charge in [-0.25, -0.2) is 4.99 Å². The molecule has 0 aromatic heterocycles. The first-order valence-corrected chi connectivity index (χ1v) is 4.43. The van der Waals surface area contributed by atoms with Gasteiger partial charge in [-0.05, 0) is 24.6 Å². The number of carbonyl (C=O) groups excluding carboxylic acids is 1. The van der Waals surface area contributed by atoms with Gasteiger partial charge in [0.25, 0.3) is 0 Å². The predicted octanol–water partition coefficient (Wildman–Crippen LogP) is 1.05. The molecular formula is C10H11N3O. The van der Waals surface area contributed by atoms with E-state index in [-0.39, 0.29) is 5.91 Å². The third kappa shape index (κ3) is 1.90. The summed E-state index contributed by atoms with van der Waals surface area (Å²) in [5.41, 5.74) is 7.23. The number of hydrazine groups is 1. The number of aryl methyl sites for hydroxylation is 1. The van der Waals surface area contributed by atoms with Crippen molar-refractivity contribution in [2.75, 3.05) is 0 Å². The van der Waals surface area contributed by atoms with E-state index in [0.717, 1.165) is 11.3 Å². The van der Waals surface area contributed by atoms with Gasteiger partial charge in [-0.3, -0.25) is 15.6 Å². The molecule has 2 rings (SSSR count). The molecule has 0 radical (unpaired) electrons. The van der Waals surface area contributed by atoms with Crippen LogP contribution in [0.5, 0.6) is 0 Å². The second-order valence-corrected chi connectivity index (χ2v) is 3.25. The summed E-state index contributed by atoms with van der Waals surface area (Å²) < 4.78 is 0. The first-order valence-electron chi connectivity index (χ1n) is 4.43. The van der Waals surface area contributed by atoms with Crippen molar-refractivity contribution < 1.29 is 4.79 Å². The monoisotopic (exact) mass is 189 g/mol. The van der Waals surface area contributed by atoms with Gasteiger partial charge < -0.3 is 0 Å². The molecule has 0 aliphatic carbocycles. The molecule has 1 fully saturated rings. The number of nitrogens with zero attached hydrogens (tertiary/aromatic N) is 1. The number of carbonyl (C=O) groups is 1. The molecule has 72 valence electrons. The maximum atomic E-state index is 10.9. The van der Waals surface area contributed by atoms with E-state index in [2.05, 4.69) is 15.8 Å². The number of nitrogens with one attached hydrogen (secondary N) is 2. The summed E-state index contributed by atoms with van der Waals surface area (Å²) in [5, 5.41) is 0. The average molecular weight is 189 g/mol. The number of benzene rings is 1. The maximum absolute atomic E-state index is 10.9. The normalized spacial score (nSPS) is 18.1. The lowest BCUT2D eigenvalue weighted by Gasteiger charge is -1.98. The lowest BCUT2D eigenvalue weighted by Crippen LogP contribution is -2.28. The Labute approximate surface area is 82.0 Å². The van der Waals surface area contributed by atoms with Gasteiger partial charge in [-0.2, -0.15) is 0 Å². The molecule has 0 saturated carbocycles. The van der Waals surface area contributed by atoms with Gasteiger partial charge >= 0.3 is 0 Å². The fourth-order valence-electron chi connectivity index (χ4n) is 1.30. The molecule has 1 heterocycles. The van der Waals surface area contributed by atoms with E-state index in [0.29, 0.717) is 12.3 Å². The highest BCUT2D eigenvalue weighted by molar-refractivity contribution is 6.05. The molecule has 1 saturated heterocycles. The smallest absolute Gasteiger partial charge is 0.245 e. The van der Waals surface area contributed by atoms with Crippen LogP contribution in [0.3, 0.4) is 0 Å². The fourth-order valence-corrected chi connectivity index (χ4v) is 1.30. The van der Waals surface area contributed by atoms with Gasteiger partial charge in [-0.1, -0.05) is 12.1 Å². The molecule has 0 spiro atoms. The topological polar surface area (TPSA) is 53.5 Å². The highest BCUT2D eigenvalue weighted by Crippen LogP contribution is 2.14. The summed E-state index contributed by atoms with van der Waals surface area (Å²) in [7, 11) is 0.